The molecule has 2 N–H and O–H groups in total. The fourth-order valence-electron chi connectivity index (χ4n) is 1.67. The van der Waals surface area contributed by atoms with Crippen molar-refractivity contribution < 1.29 is 9.35 Å². The molecular weight excluding hydrogens is 198 g/mol. The van der Waals surface area contributed by atoms with E-state index in [0.717, 1.165) is 19.3 Å². The van der Waals surface area contributed by atoms with Crippen LogP contribution in [0.4, 0.5) is 0 Å². The summed E-state index contributed by atoms with van der Waals surface area (Å²) in [7, 11) is -1.86. The van der Waals surface area contributed by atoms with E-state index in [1.807, 2.05) is 6.08 Å². The number of amides is 1. The van der Waals surface area contributed by atoms with Crippen LogP contribution in [0.1, 0.15) is 19.3 Å². The van der Waals surface area contributed by atoms with Gasteiger partial charge in [0.15, 0.2) is 0 Å². The van der Waals surface area contributed by atoms with E-state index in [0.29, 0.717) is 11.2 Å². The van der Waals surface area contributed by atoms with Crippen LogP contribution in [0.5, 0.6) is 0 Å². The summed E-state index contributed by atoms with van der Waals surface area (Å²) >= 11 is 0. The second kappa shape index (κ2) is 3.28. The van der Waals surface area contributed by atoms with E-state index in [-0.39, 0.29) is 11.8 Å². The standard InChI is InChI=1S/C10H17NO2S/c1-3-7-6-9(7)10(12)11-14(2,13)8-4-5-8/h3,7-9,13H,1,4-6H2,2H3,(H,11,12)/t7?,9-/m0/s1. The molecule has 0 aromatic heterocycles. The van der Waals surface area contributed by atoms with E-state index in [2.05, 4.69) is 11.3 Å². The molecule has 1 amide bonds. The molecule has 0 aromatic carbocycles. The molecule has 0 heterocycles. The lowest BCUT2D eigenvalue weighted by atomic mass is 10.3. The summed E-state index contributed by atoms with van der Waals surface area (Å²) in [5.74, 6) is 0.427. The normalized spacial score (nSPS) is 36.7. The molecule has 2 aliphatic carbocycles. The van der Waals surface area contributed by atoms with Gasteiger partial charge < -0.3 is 4.55 Å². The average molecular weight is 215 g/mol. The minimum absolute atomic E-state index is 0.0156. The van der Waals surface area contributed by atoms with E-state index in [1.165, 1.54) is 0 Å². The monoisotopic (exact) mass is 215 g/mol. The quantitative estimate of drug-likeness (QED) is 0.704. The Kier molecular flexibility index (Phi) is 2.35. The fourth-order valence-corrected chi connectivity index (χ4v) is 3.45. The molecule has 0 bridgehead atoms. The minimum Gasteiger partial charge on any atom is -0.333 e. The zero-order valence-electron chi connectivity index (χ0n) is 8.40. The number of carbonyl (C=O) groups excluding carboxylic acids is 1. The van der Waals surface area contributed by atoms with Crippen molar-refractivity contribution >= 4 is 16.4 Å². The Morgan fingerprint density at radius 2 is 2.29 bits per heavy atom. The van der Waals surface area contributed by atoms with Gasteiger partial charge in [-0.1, -0.05) is 16.6 Å². The molecule has 2 rings (SSSR count). The van der Waals surface area contributed by atoms with Gasteiger partial charge in [-0.05, 0) is 25.2 Å². The van der Waals surface area contributed by atoms with Gasteiger partial charge in [-0.15, -0.1) is 6.58 Å². The SMILES string of the molecule is C=CC1C[C@@H]1C(=O)NS(C)(O)C1CC1. The molecule has 0 saturated heterocycles. The molecule has 2 unspecified atom stereocenters. The Balaban J connectivity index is 1.85. The maximum Gasteiger partial charge on any atom is 0.233 e. The van der Waals surface area contributed by atoms with Crippen molar-refractivity contribution in [3.63, 3.8) is 0 Å². The van der Waals surface area contributed by atoms with E-state index < -0.39 is 10.5 Å². The Labute approximate surface area is 86.2 Å². The van der Waals surface area contributed by atoms with Crippen LogP contribution in [0, 0.1) is 11.8 Å². The van der Waals surface area contributed by atoms with Crippen LogP contribution in [-0.2, 0) is 4.79 Å². The minimum atomic E-state index is -1.86. The predicted molar refractivity (Wildman–Crippen MR) is 59.1 cm³/mol. The number of allylic oxidation sites excluding steroid dienone is 1. The van der Waals surface area contributed by atoms with Crippen molar-refractivity contribution in [3.8, 4) is 0 Å². The zero-order valence-corrected chi connectivity index (χ0v) is 9.22. The average Bonchev–Trinajstić information content (AvgIpc) is 2.98. The first kappa shape index (κ1) is 10.1. The number of carbonyl (C=O) groups is 1. The lowest BCUT2D eigenvalue weighted by Gasteiger charge is -2.30. The van der Waals surface area contributed by atoms with Crippen LogP contribution in [-0.4, -0.2) is 22.0 Å². The van der Waals surface area contributed by atoms with E-state index in [9.17, 15) is 9.35 Å². The van der Waals surface area contributed by atoms with Crippen LogP contribution in [0.15, 0.2) is 12.7 Å². The van der Waals surface area contributed by atoms with Crippen LogP contribution in [0.25, 0.3) is 0 Å². The molecule has 3 atom stereocenters. The molecule has 0 spiro atoms. The third kappa shape index (κ3) is 1.96. The maximum absolute atomic E-state index is 11.6. The molecule has 4 heteroatoms. The maximum atomic E-state index is 11.6. The smallest absolute Gasteiger partial charge is 0.233 e. The van der Waals surface area contributed by atoms with Gasteiger partial charge in [-0.3, -0.25) is 9.52 Å². The van der Waals surface area contributed by atoms with Crippen LogP contribution >= 0.6 is 10.5 Å². The highest BCUT2D eigenvalue weighted by molar-refractivity contribution is 8.28. The summed E-state index contributed by atoms with van der Waals surface area (Å²) in [6, 6.07) is 0. The van der Waals surface area contributed by atoms with Crippen molar-refractivity contribution in [3.05, 3.63) is 12.7 Å². The van der Waals surface area contributed by atoms with Gasteiger partial charge in [-0.25, -0.2) is 0 Å². The van der Waals surface area contributed by atoms with Crippen LogP contribution < -0.4 is 4.72 Å². The molecule has 0 aliphatic heterocycles. The van der Waals surface area contributed by atoms with Crippen molar-refractivity contribution in [2.24, 2.45) is 11.8 Å². The van der Waals surface area contributed by atoms with Crippen molar-refractivity contribution in [1.82, 2.24) is 4.72 Å². The summed E-state index contributed by atoms with van der Waals surface area (Å²) in [6.07, 6.45) is 6.60. The molecule has 0 aromatic rings. The second-order valence-electron chi connectivity index (χ2n) is 4.34. The third-order valence-electron chi connectivity index (χ3n) is 2.96. The van der Waals surface area contributed by atoms with Gasteiger partial charge in [0, 0.05) is 17.4 Å². The summed E-state index contributed by atoms with van der Waals surface area (Å²) < 4.78 is 12.8. The highest BCUT2D eigenvalue weighted by Crippen LogP contribution is 2.54. The van der Waals surface area contributed by atoms with Crippen LogP contribution in [0.2, 0.25) is 0 Å². The molecule has 14 heavy (non-hydrogen) atoms. The van der Waals surface area contributed by atoms with E-state index in [4.69, 9.17) is 0 Å². The van der Waals surface area contributed by atoms with E-state index >= 15 is 0 Å². The first-order valence-electron chi connectivity index (χ1n) is 4.98. The van der Waals surface area contributed by atoms with Gasteiger partial charge in [-0.2, -0.15) is 0 Å². The highest BCUT2D eigenvalue weighted by atomic mass is 32.3. The van der Waals surface area contributed by atoms with Gasteiger partial charge in [0.2, 0.25) is 5.91 Å². The number of hydrogen-bond donors (Lipinski definition) is 2. The second-order valence-corrected chi connectivity index (χ2v) is 7.09. The molecular formula is C10H17NO2S. The first-order valence-corrected chi connectivity index (χ1v) is 7.04. The lowest BCUT2D eigenvalue weighted by Crippen LogP contribution is -2.30. The fraction of sp³-hybridized carbons (Fsp3) is 0.700. The van der Waals surface area contributed by atoms with Crippen LogP contribution in [0.3, 0.4) is 0 Å². The third-order valence-corrected chi connectivity index (χ3v) is 5.34. The number of nitrogens with one attached hydrogen (secondary N) is 1. The largest absolute Gasteiger partial charge is 0.333 e. The summed E-state index contributed by atoms with van der Waals surface area (Å²) in [5, 5.41) is 0.340. The molecule has 2 saturated carbocycles. The highest BCUT2D eigenvalue weighted by Gasteiger charge is 2.44. The van der Waals surface area contributed by atoms with Gasteiger partial charge in [0.05, 0.1) is 0 Å². The topological polar surface area (TPSA) is 49.3 Å². The molecule has 2 aliphatic rings. The first-order chi connectivity index (χ1) is 6.54. The van der Waals surface area contributed by atoms with E-state index in [1.54, 1.807) is 6.26 Å². The Bertz CT molecular complexity index is 273. The summed E-state index contributed by atoms with van der Waals surface area (Å²) in [5.41, 5.74) is 0. The Morgan fingerprint density at radius 1 is 1.64 bits per heavy atom. The lowest BCUT2D eigenvalue weighted by molar-refractivity contribution is -0.120. The molecule has 2 fully saturated rings. The Hall–Kier alpha value is -0.480. The Morgan fingerprint density at radius 3 is 2.71 bits per heavy atom. The summed E-state index contributed by atoms with van der Waals surface area (Å²) in [6.45, 7) is 3.66. The number of hydrogen-bond acceptors (Lipinski definition) is 2. The van der Waals surface area contributed by atoms with Gasteiger partial charge >= 0.3 is 0 Å². The van der Waals surface area contributed by atoms with Gasteiger partial charge in [0.1, 0.15) is 0 Å². The summed E-state index contributed by atoms with van der Waals surface area (Å²) in [4.78, 5) is 11.6. The molecule has 0 radical (unpaired) electrons. The van der Waals surface area contributed by atoms with Crippen molar-refractivity contribution in [2.75, 3.05) is 6.26 Å². The number of rotatable bonds is 4. The zero-order chi connectivity index (χ0) is 10.3. The van der Waals surface area contributed by atoms with Crippen molar-refractivity contribution in [1.29, 1.82) is 0 Å². The molecule has 80 valence electrons. The predicted octanol–water partition coefficient (Wildman–Crippen LogP) is 1.91. The molecule has 3 nitrogen and oxygen atoms in total. The van der Waals surface area contributed by atoms with Gasteiger partial charge in [0.25, 0.3) is 0 Å². The van der Waals surface area contributed by atoms with Crippen molar-refractivity contribution in [2.45, 2.75) is 24.5 Å².